The third-order valence-corrected chi connectivity index (χ3v) is 22.8. The van der Waals surface area contributed by atoms with Gasteiger partial charge >= 0.3 is 0 Å². The van der Waals surface area contributed by atoms with E-state index < -0.39 is 0 Å². The van der Waals surface area contributed by atoms with E-state index in [0.717, 1.165) is 99.6 Å². The Bertz CT molecular complexity index is 6120. The van der Waals surface area contributed by atoms with E-state index in [-0.39, 0.29) is 0 Å². The average Bonchev–Trinajstić information content (AvgIpc) is 0.789. The SMILES string of the molecule is CCc1cccc(C)c1N(c1ccc(C=CC2=CC(=CCc3ccc(N(c4ccc(C=C(c5ccccc5)c5ccccc5)cc4)c4c(C)cccc4CC)cc3)CC(C=Cc3ccc(N(c4ccc(C=C(c5ccccc5)c5ccccc5)cc4)c4c(C)cccc4CC)cc3)=C2)cc1)c1ccc(C=C(c2ccccc2)c2ccccc2)cc1. The first kappa shape index (κ1) is 79.5. The fraction of sp³-hybridized carbons (Fsp3) is 0.0940. The van der Waals surface area contributed by atoms with Crippen molar-refractivity contribution in [3.8, 4) is 0 Å². The van der Waals surface area contributed by atoms with Crippen LogP contribution in [0, 0.1) is 20.8 Å². The van der Waals surface area contributed by atoms with Gasteiger partial charge in [0.2, 0.25) is 0 Å². The number of aryl methyl sites for hydroxylation is 6. The lowest BCUT2D eigenvalue weighted by molar-refractivity contribution is 1.10. The van der Waals surface area contributed by atoms with E-state index in [9.17, 15) is 0 Å². The van der Waals surface area contributed by atoms with Crippen LogP contribution in [-0.2, 0) is 25.7 Å². The maximum atomic E-state index is 2.45. The van der Waals surface area contributed by atoms with Crippen molar-refractivity contribution in [2.45, 2.75) is 73.6 Å². The van der Waals surface area contributed by atoms with Gasteiger partial charge in [0, 0.05) is 34.1 Å². The highest BCUT2D eigenvalue weighted by Gasteiger charge is 2.23. The van der Waals surface area contributed by atoms with Gasteiger partial charge in [0.15, 0.2) is 0 Å². The van der Waals surface area contributed by atoms with Crippen molar-refractivity contribution in [3.05, 3.63) is 529 Å². The smallest absolute Gasteiger partial charge is 0.0522 e. The molecule has 16 rings (SSSR count). The van der Waals surface area contributed by atoms with Crippen molar-refractivity contribution in [3.63, 3.8) is 0 Å². The summed E-state index contributed by atoms with van der Waals surface area (Å²) in [5.74, 6) is 0. The molecule has 0 bridgehead atoms. The molecule has 1 aliphatic carbocycles. The zero-order valence-electron chi connectivity index (χ0n) is 69.5. The number of hydrogen-bond donors (Lipinski definition) is 0. The Morgan fingerprint density at radius 1 is 0.258 bits per heavy atom. The zero-order chi connectivity index (χ0) is 81.9. The van der Waals surface area contributed by atoms with Gasteiger partial charge in [-0.15, -0.1) is 0 Å². The quantitative estimate of drug-likeness (QED) is 0.0475. The summed E-state index contributed by atoms with van der Waals surface area (Å²) >= 11 is 0. The number of anilines is 9. The zero-order valence-corrected chi connectivity index (χ0v) is 69.5. The molecule has 0 spiro atoms. The minimum absolute atomic E-state index is 0.776. The summed E-state index contributed by atoms with van der Waals surface area (Å²) in [6, 6.07) is 139. The molecule has 3 heteroatoms. The maximum absolute atomic E-state index is 2.45. The Balaban J connectivity index is 0.711. The molecule has 0 radical (unpaired) electrons. The van der Waals surface area contributed by atoms with Gasteiger partial charge < -0.3 is 14.7 Å². The predicted octanol–water partition coefficient (Wildman–Crippen LogP) is 31.6. The van der Waals surface area contributed by atoms with Gasteiger partial charge in [0.25, 0.3) is 0 Å². The second-order valence-electron chi connectivity index (χ2n) is 31.0. The molecule has 0 atom stereocenters. The molecule has 0 aliphatic heterocycles. The van der Waals surface area contributed by atoms with Crippen LogP contribution in [0.4, 0.5) is 51.2 Å². The molecule has 3 nitrogen and oxygen atoms in total. The Hall–Kier alpha value is -14.4. The van der Waals surface area contributed by atoms with Gasteiger partial charge in [-0.1, -0.05) is 373 Å². The lowest BCUT2D eigenvalue weighted by atomic mass is 9.92. The molecule has 0 heterocycles. The highest BCUT2D eigenvalue weighted by atomic mass is 15.2. The molecular weight excluding hydrogens is 1450 g/mol. The Kier molecular flexibility index (Phi) is 25.3. The lowest BCUT2D eigenvalue weighted by Crippen LogP contribution is -2.13. The van der Waals surface area contributed by atoms with Crippen LogP contribution in [0.3, 0.4) is 0 Å². The normalized spacial score (nSPS) is 12.2. The molecular formula is C117H101N3. The summed E-state index contributed by atoms with van der Waals surface area (Å²) < 4.78 is 0. The summed E-state index contributed by atoms with van der Waals surface area (Å²) in [7, 11) is 0. The summed E-state index contributed by atoms with van der Waals surface area (Å²) in [5, 5.41) is 0. The van der Waals surface area contributed by atoms with Gasteiger partial charge in [-0.05, 0) is 277 Å². The third kappa shape index (κ3) is 18.8. The van der Waals surface area contributed by atoms with E-state index in [1.54, 1.807) is 0 Å². The van der Waals surface area contributed by atoms with Crippen LogP contribution in [-0.4, -0.2) is 0 Å². The van der Waals surface area contributed by atoms with Crippen LogP contribution in [0.2, 0.25) is 0 Å². The molecule has 15 aromatic carbocycles. The number of para-hydroxylation sites is 3. The Morgan fingerprint density at radius 2 is 0.525 bits per heavy atom. The molecule has 0 fully saturated rings. The first-order valence-corrected chi connectivity index (χ1v) is 42.3. The minimum atomic E-state index is 0.776. The van der Waals surface area contributed by atoms with Gasteiger partial charge in [-0.2, -0.15) is 0 Å². The molecule has 0 aromatic heterocycles. The average molecular weight is 1550 g/mol. The number of allylic oxidation sites excluding steroid dienone is 8. The highest BCUT2D eigenvalue weighted by molar-refractivity contribution is 5.95. The van der Waals surface area contributed by atoms with E-state index in [1.807, 2.05) is 0 Å². The molecule has 584 valence electrons. The van der Waals surface area contributed by atoms with Crippen LogP contribution in [0.15, 0.2) is 429 Å². The van der Waals surface area contributed by atoms with Gasteiger partial charge in [-0.25, -0.2) is 0 Å². The summed E-state index contributed by atoms with van der Waals surface area (Å²) in [6.07, 6.45) is 27.6. The lowest BCUT2D eigenvalue weighted by Gasteiger charge is -2.29. The highest BCUT2D eigenvalue weighted by Crippen LogP contribution is 2.45. The molecule has 0 amide bonds. The largest absolute Gasteiger partial charge is 0.310 e. The summed E-state index contributed by atoms with van der Waals surface area (Å²) in [6.45, 7) is 13.5. The second kappa shape index (κ2) is 38.1. The predicted molar refractivity (Wildman–Crippen MR) is 516 cm³/mol. The minimum Gasteiger partial charge on any atom is -0.310 e. The van der Waals surface area contributed by atoms with Gasteiger partial charge in [-0.3, -0.25) is 0 Å². The van der Waals surface area contributed by atoms with Crippen molar-refractivity contribution < 1.29 is 0 Å². The molecule has 0 saturated carbocycles. The van der Waals surface area contributed by atoms with E-state index in [2.05, 4.69) is 499 Å². The number of rotatable bonds is 27. The second-order valence-corrected chi connectivity index (χ2v) is 31.0. The van der Waals surface area contributed by atoms with Crippen molar-refractivity contribution in [1.82, 2.24) is 0 Å². The first-order chi connectivity index (χ1) is 59.1. The fourth-order valence-electron chi connectivity index (χ4n) is 16.6. The number of benzene rings is 15. The molecule has 0 saturated heterocycles. The van der Waals surface area contributed by atoms with Crippen LogP contribution in [0.5, 0.6) is 0 Å². The standard InChI is InChI=1S/C117H101N3/c1-7-97-46-28-31-85(4)115(97)118(109-73-61-91(62-74-109)82-112(100-34-16-10-17-35-100)101-36-18-11-19-37-101)106-67-55-88(56-68-106)49-52-94-79-95(53-50-89-57-69-107(70-58-89)119(116-86(5)32-29-47-98(116)8-2)110-75-63-92(64-76-110)83-113(102-38-20-12-21-39-102)103-40-22-13-23-41-103)81-96(80-94)54-51-90-59-71-108(72-60-90)120(117-87(6)33-30-48-99(117)9-3)111-77-65-93(66-78-111)84-114(104-42-24-14-25-43-104)105-44-26-15-27-45-105/h10-50,52-80,82-84H,7-9,51,81H2,1-6H3. The monoisotopic (exact) mass is 1550 g/mol. The molecule has 120 heavy (non-hydrogen) atoms. The molecule has 0 N–H and O–H groups in total. The van der Waals surface area contributed by atoms with Crippen molar-refractivity contribution in [2.75, 3.05) is 14.7 Å². The van der Waals surface area contributed by atoms with Gasteiger partial charge in [0.1, 0.15) is 0 Å². The van der Waals surface area contributed by atoms with Crippen LogP contribution in [0.25, 0.3) is 47.1 Å². The summed E-state index contributed by atoms with van der Waals surface area (Å²) in [5.41, 5.74) is 39.2. The Labute approximate surface area is 711 Å². The number of nitrogens with zero attached hydrogens (tertiary/aromatic N) is 3. The van der Waals surface area contributed by atoms with Crippen molar-refractivity contribution >= 4 is 98.3 Å². The van der Waals surface area contributed by atoms with Crippen LogP contribution < -0.4 is 14.7 Å². The Morgan fingerprint density at radius 3 is 0.808 bits per heavy atom. The molecule has 1 aliphatic rings. The van der Waals surface area contributed by atoms with Gasteiger partial charge in [0.05, 0.1) is 17.1 Å². The van der Waals surface area contributed by atoms with E-state index in [0.29, 0.717) is 0 Å². The van der Waals surface area contributed by atoms with Crippen LogP contribution in [0.1, 0.15) is 127 Å². The van der Waals surface area contributed by atoms with Crippen molar-refractivity contribution in [2.24, 2.45) is 0 Å². The first-order valence-electron chi connectivity index (χ1n) is 42.3. The third-order valence-electron chi connectivity index (χ3n) is 22.8. The van der Waals surface area contributed by atoms with Crippen LogP contribution >= 0.6 is 0 Å². The maximum Gasteiger partial charge on any atom is 0.0522 e. The van der Waals surface area contributed by atoms with E-state index in [1.165, 1.54) is 117 Å². The topological polar surface area (TPSA) is 9.72 Å². The van der Waals surface area contributed by atoms with E-state index in [4.69, 9.17) is 0 Å². The molecule has 15 aromatic rings. The molecule has 0 unspecified atom stereocenters. The number of hydrogen-bond acceptors (Lipinski definition) is 3. The summed E-state index contributed by atoms with van der Waals surface area (Å²) in [4.78, 5) is 7.34. The van der Waals surface area contributed by atoms with Crippen molar-refractivity contribution in [1.29, 1.82) is 0 Å². The van der Waals surface area contributed by atoms with E-state index >= 15 is 0 Å². The fourth-order valence-corrected chi connectivity index (χ4v) is 16.6.